The summed E-state index contributed by atoms with van der Waals surface area (Å²) in [7, 11) is 0. The van der Waals surface area contributed by atoms with Crippen molar-refractivity contribution in [2.45, 2.75) is 0 Å². The molecule has 2 aromatic rings. The zero-order valence-corrected chi connectivity index (χ0v) is 11.3. The van der Waals surface area contributed by atoms with Gasteiger partial charge in [0.2, 0.25) is 0 Å². The molecule has 2 heteroatoms. The fourth-order valence-corrected chi connectivity index (χ4v) is 2.94. The average molecular weight is 272 g/mol. The summed E-state index contributed by atoms with van der Waals surface area (Å²) >= 11 is 0. The Hall–Kier alpha value is -2.87. The number of carbonyl (C=O) groups is 1. The summed E-state index contributed by atoms with van der Waals surface area (Å²) < 4.78 is 5.36. The minimum atomic E-state index is -0.435. The molecule has 2 nitrogen and oxygen atoms in total. The molecule has 0 unspecified atom stereocenters. The molecule has 0 amide bonds. The van der Waals surface area contributed by atoms with E-state index in [1.807, 2.05) is 24.3 Å². The molecule has 2 aliphatic carbocycles. The molecule has 2 aliphatic rings. The Morgan fingerprint density at radius 1 is 1.00 bits per heavy atom. The summed E-state index contributed by atoms with van der Waals surface area (Å²) in [6.45, 7) is 3.44. The van der Waals surface area contributed by atoms with Crippen LogP contribution < -0.4 is 10.4 Å². The van der Waals surface area contributed by atoms with Gasteiger partial charge in [-0.05, 0) is 38.6 Å². The van der Waals surface area contributed by atoms with Crippen molar-refractivity contribution in [3.8, 4) is 0 Å². The van der Waals surface area contributed by atoms with Gasteiger partial charge in [-0.2, -0.15) is 0 Å². The van der Waals surface area contributed by atoms with E-state index in [9.17, 15) is 4.79 Å². The normalized spacial score (nSPS) is 13.2. The van der Waals surface area contributed by atoms with Gasteiger partial charge in [0.05, 0.1) is 0 Å². The summed E-state index contributed by atoms with van der Waals surface area (Å²) in [4.78, 5) is 11.5. The van der Waals surface area contributed by atoms with Crippen LogP contribution in [-0.2, 0) is 9.53 Å². The number of rotatable bonds is 2. The van der Waals surface area contributed by atoms with Gasteiger partial charge in [-0.15, -0.1) is 0 Å². The largest absolute Gasteiger partial charge is 0.423 e. The molecule has 4 rings (SSSR count). The van der Waals surface area contributed by atoms with E-state index >= 15 is 0 Å². The summed E-state index contributed by atoms with van der Waals surface area (Å²) in [5.74, 6) is 0.159. The Balaban J connectivity index is 2.00. The van der Waals surface area contributed by atoms with Crippen LogP contribution >= 0.6 is 0 Å². The number of esters is 1. The zero-order chi connectivity index (χ0) is 14.4. The fourth-order valence-electron chi connectivity index (χ4n) is 2.94. The van der Waals surface area contributed by atoms with Gasteiger partial charge in [0.25, 0.3) is 0 Å². The maximum Gasteiger partial charge on any atom is 0.335 e. The number of fused-ring (bicyclic) bond motifs is 4. The maximum atomic E-state index is 11.5. The molecule has 0 aliphatic heterocycles. The molecule has 0 saturated carbocycles. The third-order valence-corrected chi connectivity index (χ3v) is 3.87. The highest BCUT2D eigenvalue weighted by atomic mass is 16.5. The molecule has 0 saturated heterocycles. The Morgan fingerprint density at radius 2 is 1.86 bits per heavy atom. The molecule has 21 heavy (non-hydrogen) atoms. The van der Waals surface area contributed by atoms with E-state index in [2.05, 4.69) is 36.9 Å². The number of benzene rings is 2. The molecular formula is C19H12O2. The third kappa shape index (κ3) is 1.69. The number of hydrogen-bond acceptors (Lipinski definition) is 2. The van der Waals surface area contributed by atoms with Crippen LogP contribution in [-0.4, -0.2) is 5.97 Å². The van der Waals surface area contributed by atoms with Crippen LogP contribution in [0.3, 0.4) is 0 Å². The Kier molecular flexibility index (Phi) is 2.45. The Labute approximate surface area is 121 Å². The van der Waals surface area contributed by atoms with Gasteiger partial charge in [0.1, 0.15) is 5.76 Å². The van der Waals surface area contributed by atoms with E-state index in [4.69, 9.17) is 4.74 Å². The average Bonchev–Trinajstić information content (AvgIpc) is 3.08. The minimum Gasteiger partial charge on any atom is -0.423 e. The first-order valence-corrected chi connectivity index (χ1v) is 6.79. The lowest BCUT2D eigenvalue weighted by molar-refractivity contribution is -0.131. The number of carbonyl (C=O) groups excluding carboxylic acids is 1. The third-order valence-electron chi connectivity index (χ3n) is 3.87. The lowest BCUT2D eigenvalue weighted by Crippen LogP contribution is -2.09. The lowest BCUT2D eigenvalue weighted by Gasteiger charge is -2.07. The highest BCUT2D eigenvalue weighted by Crippen LogP contribution is 2.24. The summed E-state index contributed by atoms with van der Waals surface area (Å²) in [6, 6.07) is 12.5. The molecule has 0 radical (unpaired) electrons. The lowest BCUT2D eigenvalue weighted by atomic mass is 10.0. The van der Waals surface area contributed by atoms with E-state index < -0.39 is 5.97 Å². The molecule has 0 spiro atoms. The fraction of sp³-hybridized carbons (Fsp3) is 0. The van der Waals surface area contributed by atoms with Gasteiger partial charge in [-0.25, -0.2) is 4.79 Å². The molecule has 0 N–H and O–H groups in total. The number of allylic oxidation sites excluding steroid dienone is 1. The summed E-state index contributed by atoms with van der Waals surface area (Å²) in [5, 5.41) is 4.67. The van der Waals surface area contributed by atoms with Crippen LogP contribution in [0.15, 0.2) is 55.1 Å². The second kappa shape index (κ2) is 4.32. The van der Waals surface area contributed by atoms with Crippen molar-refractivity contribution in [1.82, 2.24) is 0 Å². The van der Waals surface area contributed by atoms with E-state index in [1.165, 1.54) is 21.7 Å². The molecule has 0 fully saturated rings. The van der Waals surface area contributed by atoms with Crippen molar-refractivity contribution < 1.29 is 9.53 Å². The minimum absolute atomic E-state index is 0.435. The quantitative estimate of drug-likeness (QED) is 0.527. The Morgan fingerprint density at radius 3 is 2.71 bits per heavy atom. The van der Waals surface area contributed by atoms with Gasteiger partial charge < -0.3 is 4.74 Å². The maximum absolute atomic E-state index is 11.5. The highest BCUT2D eigenvalue weighted by molar-refractivity contribution is 5.90. The molecule has 2 aromatic carbocycles. The molecule has 0 aromatic heterocycles. The van der Waals surface area contributed by atoms with Gasteiger partial charge in [-0.1, -0.05) is 49.1 Å². The first kappa shape index (κ1) is 11.9. The monoisotopic (exact) mass is 272 g/mol. The van der Waals surface area contributed by atoms with Crippen molar-refractivity contribution in [2.75, 3.05) is 0 Å². The van der Waals surface area contributed by atoms with Crippen LogP contribution in [0.4, 0.5) is 0 Å². The molecule has 100 valence electrons. The highest BCUT2D eigenvalue weighted by Gasteiger charge is 2.18. The van der Waals surface area contributed by atoms with E-state index in [0.29, 0.717) is 5.76 Å². The number of ether oxygens (including phenoxy) is 1. The van der Waals surface area contributed by atoms with Crippen molar-refractivity contribution in [3.63, 3.8) is 0 Å². The molecular weight excluding hydrogens is 260 g/mol. The van der Waals surface area contributed by atoms with Crippen LogP contribution in [0.5, 0.6) is 0 Å². The molecule has 0 atom stereocenters. The molecule has 0 bridgehead atoms. The summed E-state index contributed by atoms with van der Waals surface area (Å²) in [6.07, 6.45) is 7.14. The van der Waals surface area contributed by atoms with E-state index in [1.54, 1.807) is 0 Å². The predicted octanol–water partition coefficient (Wildman–Crippen LogP) is 1.98. The first-order valence-electron chi connectivity index (χ1n) is 6.79. The van der Waals surface area contributed by atoms with Gasteiger partial charge in [-0.3, -0.25) is 0 Å². The first-order chi connectivity index (χ1) is 10.3. The van der Waals surface area contributed by atoms with Crippen molar-refractivity contribution >= 4 is 23.9 Å². The van der Waals surface area contributed by atoms with Crippen molar-refractivity contribution in [3.05, 3.63) is 87.1 Å². The van der Waals surface area contributed by atoms with Crippen LogP contribution in [0.1, 0.15) is 11.1 Å². The second-order valence-electron chi connectivity index (χ2n) is 5.05. The van der Waals surface area contributed by atoms with Gasteiger partial charge in [0.15, 0.2) is 0 Å². The van der Waals surface area contributed by atoms with Crippen molar-refractivity contribution in [2.24, 2.45) is 0 Å². The smallest absolute Gasteiger partial charge is 0.335 e. The molecule has 0 heterocycles. The standard InChI is InChI=1S/C19H12O2/c1-2-18(20)21-17-10-8-12-7-9-15-14-6-4-3-5-13(14)11-16(15)19(12)17/h2-11H,1H2. The SMILES string of the molecule is C=CC(=O)OC1=CC=c2ccc3c(c21)C=c1ccccc1=3. The summed E-state index contributed by atoms with van der Waals surface area (Å²) in [5.41, 5.74) is 2.10. The topological polar surface area (TPSA) is 26.3 Å². The van der Waals surface area contributed by atoms with E-state index in [-0.39, 0.29) is 0 Å². The zero-order valence-electron chi connectivity index (χ0n) is 11.3. The second-order valence-corrected chi connectivity index (χ2v) is 5.05. The van der Waals surface area contributed by atoms with Crippen molar-refractivity contribution in [1.29, 1.82) is 0 Å². The van der Waals surface area contributed by atoms with Crippen LogP contribution in [0.2, 0.25) is 0 Å². The van der Waals surface area contributed by atoms with Crippen LogP contribution in [0, 0.1) is 10.4 Å². The Bertz CT molecular complexity index is 1040. The predicted molar refractivity (Wildman–Crippen MR) is 82.1 cm³/mol. The number of hydrogen-bond donors (Lipinski definition) is 0. The van der Waals surface area contributed by atoms with Crippen LogP contribution in [0.25, 0.3) is 17.9 Å². The van der Waals surface area contributed by atoms with Gasteiger partial charge >= 0.3 is 5.97 Å². The van der Waals surface area contributed by atoms with E-state index in [0.717, 1.165) is 16.3 Å². The van der Waals surface area contributed by atoms with Gasteiger partial charge in [0, 0.05) is 11.6 Å².